The van der Waals surface area contributed by atoms with E-state index in [2.05, 4.69) is 83.7 Å². The zero-order valence-electron chi connectivity index (χ0n) is 22.1. The molecule has 4 aromatic rings. The highest BCUT2D eigenvalue weighted by molar-refractivity contribution is 9.10. The van der Waals surface area contributed by atoms with Crippen LogP contribution in [0.1, 0.15) is 49.0 Å². The molecule has 1 aliphatic heterocycles. The fourth-order valence-electron chi connectivity index (χ4n) is 5.31. The van der Waals surface area contributed by atoms with Crippen LogP contribution in [0, 0.1) is 5.41 Å². The van der Waals surface area contributed by atoms with Gasteiger partial charge in [-0.25, -0.2) is 19.1 Å². The smallest absolute Gasteiger partial charge is 0.277 e. The van der Waals surface area contributed by atoms with Gasteiger partial charge in [-0.15, -0.1) is 0 Å². The summed E-state index contributed by atoms with van der Waals surface area (Å²) >= 11 is 3.25. The number of benzene rings is 1. The number of nitrogens with one attached hydrogen (secondary N) is 2. The number of carbonyl (C=O) groups is 1. The Labute approximate surface area is 234 Å². The number of anilines is 1. The van der Waals surface area contributed by atoms with Gasteiger partial charge in [0.15, 0.2) is 28.5 Å². The number of imidazole rings is 1. The number of aromatic nitrogens is 6. The number of nitrogens with two attached hydrogens (primary N) is 2. The third-order valence-corrected chi connectivity index (χ3v) is 7.70. The van der Waals surface area contributed by atoms with Crippen LogP contribution < -0.4 is 21.4 Å². The summed E-state index contributed by atoms with van der Waals surface area (Å²) in [6.45, 7) is 7.53. The number of carbonyl (C=O) groups excluding carboxylic acids is 1. The summed E-state index contributed by atoms with van der Waals surface area (Å²) < 4.78 is 6.93. The van der Waals surface area contributed by atoms with Gasteiger partial charge in [0.05, 0.1) is 31.5 Å². The zero-order valence-corrected chi connectivity index (χ0v) is 23.6. The van der Waals surface area contributed by atoms with Gasteiger partial charge in [-0.05, 0) is 66.4 Å². The van der Waals surface area contributed by atoms with Crippen LogP contribution in [0.25, 0.3) is 22.2 Å². The van der Waals surface area contributed by atoms with Crippen LogP contribution in [0.15, 0.2) is 41.4 Å². The van der Waals surface area contributed by atoms with E-state index in [1.807, 2.05) is 15.8 Å². The molecule has 5 rings (SSSR count). The lowest BCUT2D eigenvalue weighted by molar-refractivity contribution is -0.676. The van der Waals surface area contributed by atoms with E-state index < -0.39 is 0 Å². The summed E-state index contributed by atoms with van der Waals surface area (Å²) in [5, 5.41) is 15.3. The fourth-order valence-corrected chi connectivity index (χ4v) is 5.59. The molecule has 12 nitrogen and oxygen atoms in total. The molecule has 39 heavy (non-hydrogen) atoms. The number of piperidine rings is 1. The Bertz CT molecular complexity index is 1530. The van der Waals surface area contributed by atoms with Crippen molar-refractivity contribution in [2.75, 3.05) is 18.8 Å². The van der Waals surface area contributed by atoms with Crippen molar-refractivity contribution in [2.45, 2.75) is 52.4 Å². The minimum atomic E-state index is -0.376. The van der Waals surface area contributed by atoms with Gasteiger partial charge < -0.3 is 21.7 Å². The Kier molecular flexibility index (Phi) is 7.51. The molecule has 0 aliphatic carbocycles. The van der Waals surface area contributed by atoms with Crippen molar-refractivity contribution in [3.8, 4) is 11.1 Å². The maximum atomic E-state index is 12.9. The quantitative estimate of drug-likeness (QED) is 0.145. The molecule has 1 saturated heterocycles. The maximum absolute atomic E-state index is 12.9. The summed E-state index contributed by atoms with van der Waals surface area (Å²) in [5.74, 6) is 0.829. The Morgan fingerprint density at radius 2 is 2.00 bits per heavy atom. The Hall–Kier alpha value is -4.00. The zero-order chi connectivity index (χ0) is 27.7. The maximum Gasteiger partial charge on any atom is 0.277 e. The van der Waals surface area contributed by atoms with Crippen LogP contribution >= 0.6 is 15.9 Å². The summed E-state index contributed by atoms with van der Waals surface area (Å²) in [6, 6.07) is 6.73. The van der Waals surface area contributed by atoms with Crippen LogP contribution in [0.4, 0.5) is 5.82 Å². The van der Waals surface area contributed by atoms with Crippen LogP contribution in [-0.2, 0) is 19.6 Å². The van der Waals surface area contributed by atoms with E-state index in [-0.39, 0.29) is 23.4 Å². The minimum absolute atomic E-state index is 0.0877. The van der Waals surface area contributed by atoms with Gasteiger partial charge >= 0.3 is 0 Å². The number of guanidine groups is 1. The van der Waals surface area contributed by atoms with Crippen LogP contribution in [0.5, 0.6) is 0 Å². The average Bonchev–Trinajstić information content (AvgIpc) is 3.55. The Balaban J connectivity index is 1.40. The summed E-state index contributed by atoms with van der Waals surface area (Å²) in [5.41, 5.74) is 15.9. The van der Waals surface area contributed by atoms with Crippen molar-refractivity contribution in [2.24, 2.45) is 5.73 Å². The van der Waals surface area contributed by atoms with E-state index in [4.69, 9.17) is 16.9 Å². The first-order chi connectivity index (χ1) is 18.8. The number of nitrogen functional groups attached to an aromatic ring is 1. The average molecular weight is 596 g/mol. The number of fused-ring (bicyclic) bond motifs is 1. The molecule has 1 aromatic carbocycles. The van der Waals surface area contributed by atoms with Crippen LogP contribution in [0.3, 0.4) is 0 Å². The van der Waals surface area contributed by atoms with E-state index in [0.717, 1.165) is 67.0 Å². The van der Waals surface area contributed by atoms with Gasteiger partial charge in [0.1, 0.15) is 11.1 Å². The first kappa shape index (κ1) is 26.6. The lowest BCUT2D eigenvalue weighted by Crippen LogP contribution is -2.42. The normalized spacial score (nSPS) is 14.2. The number of aryl methyl sites for hydroxylation is 2. The summed E-state index contributed by atoms with van der Waals surface area (Å²) in [7, 11) is 0. The molecule has 4 heterocycles. The SMILES string of the molecule is CCn1c(CNC(=O)c2nc(Br)cnc2N)[n+](CC)c2ccc(-c3cnn(C4CCN(C(=N)N)CC4)c3)cc21. The second-order valence-electron chi connectivity index (χ2n) is 9.53. The highest BCUT2D eigenvalue weighted by Gasteiger charge is 2.26. The molecule has 0 atom stereocenters. The van der Waals surface area contributed by atoms with Crippen molar-refractivity contribution in [1.82, 2.24) is 34.5 Å². The van der Waals surface area contributed by atoms with Gasteiger partial charge in [0, 0.05) is 24.8 Å². The number of hydrogen-bond acceptors (Lipinski definition) is 6. The monoisotopic (exact) mass is 594 g/mol. The highest BCUT2D eigenvalue weighted by Crippen LogP contribution is 2.28. The van der Waals surface area contributed by atoms with E-state index >= 15 is 0 Å². The van der Waals surface area contributed by atoms with Crippen molar-refractivity contribution in [3.05, 3.63) is 52.9 Å². The van der Waals surface area contributed by atoms with E-state index in [1.54, 1.807) is 0 Å². The van der Waals surface area contributed by atoms with Crippen molar-refractivity contribution in [3.63, 3.8) is 0 Å². The fraction of sp³-hybridized carbons (Fsp3) is 0.385. The molecule has 204 valence electrons. The molecule has 1 amide bonds. The topological polar surface area (TPSA) is 161 Å². The van der Waals surface area contributed by atoms with E-state index in [9.17, 15) is 4.79 Å². The van der Waals surface area contributed by atoms with Crippen LogP contribution in [-0.4, -0.2) is 54.2 Å². The van der Waals surface area contributed by atoms with Gasteiger partial charge in [-0.2, -0.15) is 5.10 Å². The van der Waals surface area contributed by atoms with Gasteiger partial charge in [0.2, 0.25) is 0 Å². The first-order valence-electron chi connectivity index (χ1n) is 13.0. The second kappa shape index (κ2) is 11.0. The number of amides is 1. The predicted molar refractivity (Wildman–Crippen MR) is 152 cm³/mol. The molecule has 6 N–H and O–H groups in total. The molecule has 0 bridgehead atoms. The van der Waals surface area contributed by atoms with Crippen molar-refractivity contribution >= 4 is 44.6 Å². The summed E-state index contributed by atoms with van der Waals surface area (Å²) in [6.07, 6.45) is 7.29. The molecular weight excluding hydrogens is 562 g/mol. The van der Waals surface area contributed by atoms with Gasteiger partial charge in [-0.3, -0.25) is 14.9 Å². The summed E-state index contributed by atoms with van der Waals surface area (Å²) in [4.78, 5) is 23.0. The molecule has 1 fully saturated rings. The Morgan fingerprint density at radius 3 is 2.69 bits per heavy atom. The number of rotatable bonds is 7. The highest BCUT2D eigenvalue weighted by atomic mass is 79.9. The largest absolute Gasteiger partial charge is 0.382 e. The third kappa shape index (κ3) is 5.18. The van der Waals surface area contributed by atoms with Gasteiger partial charge in [0.25, 0.3) is 11.7 Å². The molecule has 0 radical (unpaired) electrons. The van der Waals surface area contributed by atoms with Crippen molar-refractivity contribution < 1.29 is 9.36 Å². The van der Waals surface area contributed by atoms with E-state index in [0.29, 0.717) is 17.2 Å². The molecule has 1 aliphatic rings. The Morgan fingerprint density at radius 1 is 1.23 bits per heavy atom. The van der Waals surface area contributed by atoms with E-state index in [1.165, 1.54) is 6.20 Å². The molecule has 13 heteroatoms. The molecule has 0 saturated carbocycles. The molecular formula is C26H33BrN11O+. The lowest BCUT2D eigenvalue weighted by atomic mass is 10.1. The standard InChI is InChI=1S/C26H32BrN11O/c1-3-36-19-6-5-16(17-12-33-38(15-17)18-7-9-35(10-8-18)26(29)30)11-20(19)37(4-2)22(36)14-32-25(39)23-24(28)31-13-21(27)34-23/h5-6,11-13,15,18H,3-4,7-10,14H2,1-2H3,(H5-,28,29,30,31,32,39)/p+1. The number of halogens is 1. The van der Waals surface area contributed by atoms with Crippen LogP contribution in [0.2, 0.25) is 0 Å². The minimum Gasteiger partial charge on any atom is -0.382 e. The molecule has 0 spiro atoms. The number of nitrogens with zero attached hydrogens (tertiary/aromatic N) is 7. The third-order valence-electron chi connectivity index (χ3n) is 7.32. The first-order valence-corrected chi connectivity index (χ1v) is 13.8. The second-order valence-corrected chi connectivity index (χ2v) is 10.3. The predicted octanol–water partition coefficient (Wildman–Crippen LogP) is 2.43. The molecule has 0 unspecified atom stereocenters. The lowest BCUT2D eigenvalue weighted by Gasteiger charge is -2.32. The molecule has 3 aromatic heterocycles. The van der Waals surface area contributed by atoms with Crippen molar-refractivity contribution in [1.29, 1.82) is 5.41 Å². The van der Waals surface area contributed by atoms with Gasteiger partial charge in [-0.1, -0.05) is 0 Å². The number of hydrogen-bond donors (Lipinski definition) is 4. The number of likely N-dealkylation sites (tertiary alicyclic amines) is 1.